The maximum Gasteiger partial charge on any atom is 0.488 e. The Balaban J connectivity index is 3.25. The molecule has 0 spiro atoms. The van der Waals surface area contributed by atoms with E-state index < -0.39 is 7.12 Å². The molecule has 13 heavy (non-hydrogen) atoms. The quantitative estimate of drug-likeness (QED) is 0.537. The van der Waals surface area contributed by atoms with Gasteiger partial charge in [-0.2, -0.15) is 10.5 Å². The summed E-state index contributed by atoms with van der Waals surface area (Å²) in [4.78, 5) is 0. The van der Waals surface area contributed by atoms with Crippen LogP contribution >= 0.6 is 0 Å². The Morgan fingerprint density at radius 2 is 1.69 bits per heavy atom. The molecule has 62 valence electrons. The van der Waals surface area contributed by atoms with Gasteiger partial charge in [0.25, 0.3) is 0 Å². The highest BCUT2D eigenvalue weighted by molar-refractivity contribution is 6.58. The van der Waals surface area contributed by atoms with E-state index in [1.165, 1.54) is 18.2 Å². The van der Waals surface area contributed by atoms with Crippen LogP contribution in [-0.4, -0.2) is 17.2 Å². The third-order valence-electron chi connectivity index (χ3n) is 1.58. The minimum Gasteiger partial charge on any atom is -0.423 e. The summed E-state index contributed by atoms with van der Waals surface area (Å²) in [6, 6.07) is 7.68. The second-order valence-electron chi connectivity index (χ2n) is 2.40. The van der Waals surface area contributed by atoms with Crippen molar-refractivity contribution in [3.8, 4) is 12.1 Å². The first kappa shape index (κ1) is 9.27. The lowest BCUT2D eigenvalue weighted by Gasteiger charge is -1.99. The fourth-order valence-electron chi connectivity index (χ4n) is 0.912. The monoisotopic (exact) mass is 172 g/mol. The molecule has 4 nitrogen and oxygen atoms in total. The summed E-state index contributed by atoms with van der Waals surface area (Å²) in [5.41, 5.74) is 0.579. The van der Waals surface area contributed by atoms with Crippen LogP contribution in [0.15, 0.2) is 18.2 Å². The molecule has 0 fully saturated rings. The smallest absolute Gasteiger partial charge is 0.423 e. The molecule has 5 heteroatoms. The van der Waals surface area contributed by atoms with Gasteiger partial charge in [0, 0.05) is 0 Å². The molecule has 0 bridgehead atoms. The Morgan fingerprint density at radius 1 is 1.08 bits per heavy atom. The van der Waals surface area contributed by atoms with E-state index in [0.717, 1.165) is 0 Å². The number of rotatable bonds is 1. The highest BCUT2D eigenvalue weighted by Gasteiger charge is 2.12. The Labute approximate surface area is 75.4 Å². The van der Waals surface area contributed by atoms with Crippen LogP contribution in [0.1, 0.15) is 11.1 Å². The lowest BCUT2D eigenvalue weighted by atomic mass is 9.79. The van der Waals surface area contributed by atoms with Crippen molar-refractivity contribution in [3.63, 3.8) is 0 Å². The van der Waals surface area contributed by atoms with Gasteiger partial charge in [-0.1, -0.05) is 6.07 Å². The molecule has 0 aliphatic rings. The van der Waals surface area contributed by atoms with Crippen LogP contribution in [0.4, 0.5) is 0 Å². The summed E-state index contributed by atoms with van der Waals surface area (Å²) in [6.45, 7) is 0. The second kappa shape index (κ2) is 3.73. The van der Waals surface area contributed by atoms with Gasteiger partial charge in [0.1, 0.15) is 12.1 Å². The molecule has 0 aliphatic heterocycles. The average Bonchev–Trinajstić information content (AvgIpc) is 2.16. The molecule has 0 radical (unpaired) electrons. The highest BCUT2D eigenvalue weighted by Crippen LogP contribution is 2.03. The Bertz CT molecular complexity index is 404. The fourth-order valence-corrected chi connectivity index (χ4v) is 0.912. The second-order valence-corrected chi connectivity index (χ2v) is 2.40. The topological polar surface area (TPSA) is 88.0 Å². The average molecular weight is 172 g/mol. The molecule has 0 heterocycles. The number of hydrogen-bond acceptors (Lipinski definition) is 4. The molecule has 0 aliphatic carbocycles. The van der Waals surface area contributed by atoms with Crippen molar-refractivity contribution < 1.29 is 10.0 Å². The normalized spacial score (nSPS) is 8.62. The molecule has 0 unspecified atom stereocenters. The van der Waals surface area contributed by atoms with Crippen molar-refractivity contribution in [2.45, 2.75) is 0 Å². The van der Waals surface area contributed by atoms with Crippen molar-refractivity contribution in [1.82, 2.24) is 0 Å². The van der Waals surface area contributed by atoms with Crippen molar-refractivity contribution in [1.29, 1.82) is 10.5 Å². The zero-order valence-electron chi connectivity index (χ0n) is 6.60. The summed E-state index contributed by atoms with van der Waals surface area (Å²) in [7, 11) is -1.61. The number of benzene rings is 1. The van der Waals surface area contributed by atoms with Crippen LogP contribution < -0.4 is 5.46 Å². The van der Waals surface area contributed by atoms with E-state index in [-0.39, 0.29) is 16.6 Å². The van der Waals surface area contributed by atoms with E-state index in [1.807, 2.05) is 6.07 Å². The fraction of sp³-hybridized carbons (Fsp3) is 0. The SMILES string of the molecule is N#Cc1ccc(B(O)O)cc1C#N. The predicted molar refractivity (Wildman–Crippen MR) is 45.7 cm³/mol. The van der Waals surface area contributed by atoms with Gasteiger partial charge >= 0.3 is 7.12 Å². The number of nitriles is 2. The number of nitrogens with zero attached hydrogens (tertiary/aromatic N) is 2. The lowest BCUT2D eigenvalue weighted by Crippen LogP contribution is -2.29. The minimum absolute atomic E-state index is 0.146. The maximum atomic E-state index is 8.77. The Hall–Kier alpha value is -1.82. The zero-order chi connectivity index (χ0) is 9.84. The molecular formula is C8H5BN2O2. The van der Waals surface area contributed by atoms with E-state index in [1.54, 1.807) is 6.07 Å². The zero-order valence-corrected chi connectivity index (χ0v) is 6.60. The molecule has 1 rings (SSSR count). The van der Waals surface area contributed by atoms with Crippen LogP contribution in [0.2, 0.25) is 0 Å². The first-order valence-electron chi connectivity index (χ1n) is 3.49. The summed E-state index contributed by atoms with van der Waals surface area (Å²) in [5.74, 6) is 0. The molecule has 0 atom stereocenters. The van der Waals surface area contributed by atoms with E-state index >= 15 is 0 Å². The summed E-state index contributed by atoms with van der Waals surface area (Å²) >= 11 is 0. The molecule has 0 aromatic heterocycles. The Morgan fingerprint density at radius 3 is 2.15 bits per heavy atom. The predicted octanol–water partition coefficient (Wildman–Crippen LogP) is -0.890. The first-order chi connectivity index (χ1) is 6.19. The van der Waals surface area contributed by atoms with E-state index in [9.17, 15) is 0 Å². The Kier molecular flexibility index (Phi) is 2.66. The van der Waals surface area contributed by atoms with Gasteiger partial charge < -0.3 is 10.0 Å². The molecular weight excluding hydrogens is 167 g/mol. The van der Waals surface area contributed by atoms with E-state index in [2.05, 4.69) is 0 Å². The van der Waals surface area contributed by atoms with Gasteiger partial charge in [0.15, 0.2) is 0 Å². The van der Waals surface area contributed by atoms with Crippen molar-refractivity contribution in [2.24, 2.45) is 0 Å². The minimum atomic E-state index is -1.61. The largest absolute Gasteiger partial charge is 0.488 e. The summed E-state index contributed by atoms with van der Waals surface area (Å²) < 4.78 is 0. The molecule has 0 saturated heterocycles. The van der Waals surface area contributed by atoms with Gasteiger partial charge in [-0.25, -0.2) is 0 Å². The standard InChI is InChI=1S/C8H5BN2O2/c10-4-6-1-2-8(9(12)13)3-7(6)5-11/h1-3,12-13H. The van der Waals surface area contributed by atoms with Gasteiger partial charge in [-0.3, -0.25) is 0 Å². The van der Waals surface area contributed by atoms with Crippen LogP contribution in [0.5, 0.6) is 0 Å². The molecule has 0 saturated carbocycles. The van der Waals surface area contributed by atoms with Gasteiger partial charge in [-0.05, 0) is 17.6 Å². The number of hydrogen-bond donors (Lipinski definition) is 2. The third-order valence-corrected chi connectivity index (χ3v) is 1.58. The van der Waals surface area contributed by atoms with Crippen molar-refractivity contribution >= 4 is 12.6 Å². The van der Waals surface area contributed by atoms with Gasteiger partial charge in [-0.15, -0.1) is 0 Å². The first-order valence-corrected chi connectivity index (χ1v) is 3.49. The van der Waals surface area contributed by atoms with E-state index in [0.29, 0.717) is 0 Å². The maximum absolute atomic E-state index is 8.77. The van der Waals surface area contributed by atoms with Gasteiger partial charge in [0.2, 0.25) is 0 Å². The molecule has 1 aromatic rings. The molecule has 0 amide bonds. The van der Waals surface area contributed by atoms with Crippen LogP contribution in [0.3, 0.4) is 0 Å². The van der Waals surface area contributed by atoms with Crippen LogP contribution in [0, 0.1) is 22.7 Å². The highest BCUT2D eigenvalue weighted by atomic mass is 16.4. The van der Waals surface area contributed by atoms with Gasteiger partial charge in [0.05, 0.1) is 11.1 Å². The van der Waals surface area contributed by atoms with Crippen LogP contribution in [-0.2, 0) is 0 Å². The summed E-state index contributed by atoms with van der Waals surface area (Å²) in [5, 5.41) is 34.7. The summed E-state index contributed by atoms with van der Waals surface area (Å²) in [6.07, 6.45) is 0. The molecule has 2 N–H and O–H groups in total. The third kappa shape index (κ3) is 1.85. The van der Waals surface area contributed by atoms with E-state index in [4.69, 9.17) is 20.6 Å². The van der Waals surface area contributed by atoms with Crippen molar-refractivity contribution in [2.75, 3.05) is 0 Å². The molecule has 1 aromatic carbocycles. The lowest BCUT2D eigenvalue weighted by molar-refractivity contribution is 0.426. The van der Waals surface area contributed by atoms with Crippen LogP contribution in [0.25, 0.3) is 0 Å². The van der Waals surface area contributed by atoms with Crippen molar-refractivity contribution in [3.05, 3.63) is 29.3 Å².